The van der Waals surface area contributed by atoms with Crippen LogP contribution in [0.1, 0.15) is 97.6 Å². The number of aliphatic carboxylic acids is 2. The summed E-state index contributed by atoms with van der Waals surface area (Å²) in [6, 6.07) is 4.59. The highest BCUT2D eigenvalue weighted by Gasteiger charge is 2.41. The van der Waals surface area contributed by atoms with E-state index in [2.05, 4.69) is 42.5 Å². The molecule has 384 valence electrons. The number of carboxylic acid groups (broad SMARTS) is 2. The fraction of sp³-hybridized carbons (Fsp3) is 0.542. The molecule has 1 aliphatic rings. The Kier molecular flexibility index (Phi) is 22.7. The van der Waals surface area contributed by atoms with Gasteiger partial charge in [-0.1, -0.05) is 58.0 Å². The summed E-state index contributed by atoms with van der Waals surface area (Å²) >= 11 is 0. The zero-order valence-electron chi connectivity index (χ0n) is 40.9. The Balaban J connectivity index is 1.63. The number of para-hydroxylation sites is 1. The number of nitrogens with zero attached hydrogens (tertiary/aromatic N) is 1. The molecule has 9 amide bonds. The maximum absolute atomic E-state index is 14.1. The molecule has 0 bridgehead atoms. The standard InChI is InChI=1S/C48H70N10O12/c1-26(2)23-35(53-38(59)24-31-17-19-32(20-18-31)52-48(70)56-33-14-9-8-13-28(33)5)43(64)55-36(25-39(60)61)44(65)57-40(27(3)4)46(67)58-22-12-16-37(58)45(66)51-29(6)41(62)50-30(7)42(63)54-34(47(68)69)15-10-11-21-49/h8-9,13-14,17-20,26-27,29-30,34-37,40H,10-12,15-16,21-25,49H2,1-7H3,(H,50,62)(H,51,66)(H,53,59)(H,54,63)(H,55,64)(H,57,65)(H,60,61)(H,68,69)(H2,52,56,70). The lowest BCUT2D eigenvalue weighted by molar-refractivity contribution is -0.144. The van der Waals surface area contributed by atoms with Crippen LogP contribution in [0.15, 0.2) is 48.5 Å². The lowest BCUT2D eigenvalue weighted by atomic mass is 10.00. The number of anilines is 2. The summed E-state index contributed by atoms with van der Waals surface area (Å²) in [7, 11) is 0. The van der Waals surface area contributed by atoms with E-state index in [0.717, 1.165) is 5.56 Å². The van der Waals surface area contributed by atoms with Gasteiger partial charge in [-0.05, 0) is 107 Å². The van der Waals surface area contributed by atoms with Crippen LogP contribution in [0.2, 0.25) is 0 Å². The molecule has 0 aliphatic carbocycles. The van der Waals surface area contributed by atoms with Crippen molar-refractivity contribution < 1.29 is 58.2 Å². The molecule has 22 nitrogen and oxygen atoms in total. The molecule has 1 fully saturated rings. The van der Waals surface area contributed by atoms with Gasteiger partial charge in [-0.15, -0.1) is 0 Å². The number of nitrogens with two attached hydrogens (primary N) is 1. The van der Waals surface area contributed by atoms with E-state index < -0.39 is 114 Å². The van der Waals surface area contributed by atoms with E-state index >= 15 is 0 Å². The molecule has 0 saturated carbocycles. The van der Waals surface area contributed by atoms with Crippen molar-refractivity contribution in [2.45, 2.75) is 142 Å². The summed E-state index contributed by atoms with van der Waals surface area (Å²) < 4.78 is 0. The third kappa shape index (κ3) is 18.4. The van der Waals surface area contributed by atoms with E-state index in [0.29, 0.717) is 42.7 Å². The highest BCUT2D eigenvalue weighted by atomic mass is 16.4. The van der Waals surface area contributed by atoms with Gasteiger partial charge in [0.1, 0.15) is 42.3 Å². The number of carbonyl (C=O) groups is 10. The molecule has 22 heteroatoms. The molecule has 1 heterocycles. The molecule has 1 aliphatic heterocycles. The molecule has 2 aromatic rings. The number of benzene rings is 2. The van der Waals surface area contributed by atoms with Gasteiger partial charge in [0.2, 0.25) is 41.4 Å². The monoisotopic (exact) mass is 979 g/mol. The minimum atomic E-state index is -1.68. The maximum atomic E-state index is 14.1. The van der Waals surface area contributed by atoms with Crippen molar-refractivity contribution >= 4 is 70.7 Å². The SMILES string of the molecule is Cc1ccccc1NC(=O)Nc1ccc(CC(=O)NC(CC(C)C)C(=O)NC(CC(=O)O)C(=O)NC(C(=O)N2CCCC2C(=O)NC(C)C(=O)NC(C)C(=O)NC(CCCCN)C(=O)O)C(C)C)cc1. The topological polar surface area (TPSA) is 337 Å². The van der Waals surface area contributed by atoms with Gasteiger partial charge in [-0.3, -0.25) is 38.4 Å². The second-order valence-electron chi connectivity index (χ2n) is 18.2. The van der Waals surface area contributed by atoms with Gasteiger partial charge in [0.25, 0.3) is 0 Å². The summed E-state index contributed by atoms with van der Waals surface area (Å²) in [6.45, 7) is 11.9. The van der Waals surface area contributed by atoms with Crippen molar-refractivity contribution in [3.8, 4) is 0 Å². The van der Waals surface area contributed by atoms with Crippen LogP contribution in [0.25, 0.3) is 0 Å². The Hall–Kier alpha value is -7.10. The predicted octanol–water partition coefficient (Wildman–Crippen LogP) is 1.51. The molecule has 3 rings (SSSR count). The largest absolute Gasteiger partial charge is 0.481 e. The molecule has 0 spiro atoms. The first kappa shape index (κ1) is 57.2. The number of urea groups is 1. The van der Waals surface area contributed by atoms with Crippen LogP contribution < -0.4 is 48.3 Å². The van der Waals surface area contributed by atoms with E-state index in [1.165, 1.54) is 18.7 Å². The fourth-order valence-corrected chi connectivity index (χ4v) is 7.57. The molecule has 7 unspecified atom stereocenters. The number of unbranched alkanes of at least 4 members (excludes halogenated alkanes) is 1. The number of hydrogen-bond acceptors (Lipinski definition) is 11. The van der Waals surface area contributed by atoms with Crippen LogP contribution in [0, 0.1) is 18.8 Å². The number of amides is 9. The van der Waals surface area contributed by atoms with Gasteiger partial charge in [0, 0.05) is 17.9 Å². The molecule has 7 atom stereocenters. The van der Waals surface area contributed by atoms with E-state index in [1.807, 2.05) is 32.9 Å². The molecule has 0 aromatic heterocycles. The van der Waals surface area contributed by atoms with Crippen molar-refractivity contribution in [2.24, 2.45) is 17.6 Å². The molecule has 0 radical (unpaired) electrons. The fourth-order valence-electron chi connectivity index (χ4n) is 7.57. The molecule has 1 saturated heterocycles. The Labute approximate surface area is 407 Å². The van der Waals surface area contributed by atoms with Gasteiger partial charge in [0.05, 0.1) is 12.8 Å². The molecular formula is C48H70N10O12. The number of likely N-dealkylation sites (tertiary alicyclic amines) is 1. The molecule has 70 heavy (non-hydrogen) atoms. The highest BCUT2D eigenvalue weighted by Crippen LogP contribution is 2.21. The van der Waals surface area contributed by atoms with Crippen molar-refractivity contribution in [1.29, 1.82) is 0 Å². The normalized spacial score (nSPS) is 15.8. The number of carbonyl (C=O) groups excluding carboxylic acids is 8. The third-order valence-electron chi connectivity index (χ3n) is 11.5. The van der Waals surface area contributed by atoms with Crippen molar-refractivity contribution in [2.75, 3.05) is 23.7 Å². The summed E-state index contributed by atoms with van der Waals surface area (Å²) in [5, 5.41) is 39.8. The van der Waals surface area contributed by atoms with Crippen LogP contribution in [-0.4, -0.2) is 130 Å². The Morgan fingerprint density at radius 3 is 1.91 bits per heavy atom. The second kappa shape index (κ2) is 27.8. The quantitative estimate of drug-likeness (QED) is 0.0597. The van der Waals surface area contributed by atoms with Crippen LogP contribution in [0.3, 0.4) is 0 Å². The third-order valence-corrected chi connectivity index (χ3v) is 11.5. The Bertz CT molecular complexity index is 2190. The van der Waals surface area contributed by atoms with Crippen LogP contribution in [0.5, 0.6) is 0 Å². The molecular weight excluding hydrogens is 909 g/mol. The van der Waals surface area contributed by atoms with Crippen molar-refractivity contribution in [3.05, 3.63) is 59.7 Å². The van der Waals surface area contributed by atoms with Gasteiger partial charge < -0.3 is 63.4 Å². The first-order chi connectivity index (χ1) is 33.0. The predicted molar refractivity (Wildman–Crippen MR) is 259 cm³/mol. The molecule has 12 N–H and O–H groups in total. The van der Waals surface area contributed by atoms with Gasteiger partial charge in [-0.2, -0.15) is 0 Å². The summed E-state index contributed by atoms with van der Waals surface area (Å²) in [5.41, 5.74) is 8.03. The minimum Gasteiger partial charge on any atom is -0.481 e. The van der Waals surface area contributed by atoms with Crippen LogP contribution in [-0.2, 0) is 49.6 Å². The van der Waals surface area contributed by atoms with Gasteiger partial charge >= 0.3 is 18.0 Å². The van der Waals surface area contributed by atoms with Crippen molar-refractivity contribution in [1.82, 2.24) is 36.8 Å². The van der Waals surface area contributed by atoms with E-state index in [4.69, 9.17) is 5.73 Å². The highest BCUT2D eigenvalue weighted by molar-refractivity contribution is 6.01. The van der Waals surface area contributed by atoms with Crippen molar-refractivity contribution in [3.63, 3.8) is 0 Å². The summed E-state index contributed by atoms with van der Waals surface area (Å²) in [5.74, 6) is -8.61. The zero-order valence-corrected chi connectivity index (χ0v) is 40.9. The first-order valence-electron chi connectivity index (χ1n) is 23.5. The zero-order chi connectivity index (χ0) is 52.2. The van der Waals surface area contributed by atoms with Gasteiger partial charge in [-0.25, -0.2) is 9.59 Å². The average Bonchev–Trinajstić information content (AvgIpc) is 3.78. The lowest BCUT2D eigenvalue weighted by Gasteiger charge is -2.32. The molecule has 2 aromatic carbocycles. The second-order valence-corrected chi connectivity index (χ2v) is 18.2. The summed E-state index contributed by atoms with van der Waals surface area (Å²) in [4.78, 5) is 132. The lowest BCUT2D eigenvalue weighted by Crippen LogP contribution is -2.60. The van der Waals surface area contributed by atoms with Gasteiger partial charge in [0.15, 0.2) is 0 Å². The minimum absolute atomic E-state index is 0.113. The maximum Gasteiger partial charge on any atom is 0.326 e. The number of carboxylic acids is 2. The van der Waals surface area contributed by atoms with E-state index in [-0.39, 0.29) is 38.1 Å². The summed E-state index contributed by atoms with van der Waals surface area (Å²) in [6.07, 6.45) is 0.882. The Morgan fingerprint density at radius 1 is 0.700 bits per heavy atom. The van der Waals surface area contributed by atoms with E-state index in [1.54, 1.807) is 50.2 Å². The van der Waals surface area contributed by atoms with E-state index in [9.17, 15) is 58.2 Å². The first-order valence-corrected chi connectivity index (χ1v) is 23.5. The number of aryl methyl sites for hydroxylation is 1. The average molecular weight is 979 g/mol. The van der Waals surface area contributed by atoms with Crippen LogP contribution in [0.4, 0.5) is 16.2 Å². The smallest absolute Gasteiger partial charge is 0.326 e. The number of nitrogens with one attached hydrogen (secondary N) is 8. The number of hydrogen-bond donors (Lipinski definition) is 11. The number of rotatable bonds is 26. The van der Waals surface area contributed by atoms with Crippen LogP contribution >= 0.6 is 0 Å². The Morgan fingerprint density at radius 2 is 1.31 bits per heavy atom.